The van der Waals surface area contributed by atoms with Gasteiger partial charge in [0.1, 0.15) is 6.10 Å². The van der Waals surface area contributed by atoms with Crippen LogP contribution >= 0.6 is 0 Å². The van der Waals surface area contributed by atoms with Gasteiger partial charge in [0.15, 0.2) is 0 Å². The summed E-state index contributed by atoms with van der Waals surface area (Å²) in [6.45, 7) is 15.0. The zero-order chi connectivity index (χ0) is 41.9. The molecule has 1 N–H and O–H groups in total. The van der Waals surface area contributed by atoms with Crippen LogP contribution in [0.5, 0.6) is 0 Å². The van der Waals surface area contributed by atoms with Gasteiger partial charge in [-0.1, -0.05) is 181 Å². The van der Waals surface area contributed by atoms with Crippen molar-refractivity contribution in [2.24, 2.45) is 5.41 Å². The molecule has 0 radical (unpaired) electrons. The first-order chi connectivity index (χ1) is 27.8. The summed E-state index contributed by atoms with van der Waals surface area (Å²) < 4.78 is 11.8. The Kier molecular flexibility index (Phi) is 42.1. The maximum atomic E-state index is 13.5. The lowest BCUT2D eigenvalue weighted by atomic mass is 9.86. The van der Waals surface area contributed by atoms with Gasteiger partial charge in [0.2, 0.25) is 0 Å². The summed E-state index contributed by atoms with van der Waals surface area (Å²) in [5, 5.41) is 9.33. The Morgan fingerprint density at radius 2 is 0.877 bits per heavy atom. The number of carbonyl (C=O) groups excluding carboxylic acids is 2. The van der Waals surface area contributed by atoms with Crippen molar-refractivity contribution in [3.8, 4) is 0 Å². The minimum Gasteiger partial charge on any atom is -0.466 e. The van der Waals surface area contributed by atoms with Gasteiger partial charge in [-0.2, -0.15) is 0 Å². The lowest BCUT2D eigenvalue weighted by Crippen LogP contribution is -2.31. The SMILES string of the molecule is CCCCCCCCCCCCOC(=O)CCCCCN(CCCCO)CCCCCCC(C)(C)C(=O)OC(CCCCCCCCC)CCCCCCCCC. The number of ether oxygens (including phenoxy) is 2. The Morgan fingerprint density at radius 3 is 1.35 bits per heavy atom. The second kappa shape index (κ2) is 43.0. The fourth-order valence-corrected chi connectivity index (χ4v) is 8.00. The van der Waals surface area contributed by atoms with Gasteiger partial charge in [-0.3, -0.25) is 9.59 Å². The van der Waals surface area contributed by atoms with Crippen LogP contribution in [0.1, 0.15) is 272 Å². The molecule has 57 heavy (non-hydrogen) atoms. The molecule has 0 fully saturated rings. The van der Waals surface area contributed by atoms with E-state index in [9.17, 15) is 14.7 Å². The van der Waals surface area contributed by atoms with E-state index >= 15 is 0 Å². The molecule has 0 aliphatic heterocycles. The molecule has 0 aromatic heterocycles. The van der Waals surface area contributed by atoms with E-state index in [1.807, 2.05) is 0 Å². The van der Waals surface area contributed by atoms with Crippen LogP contribution in [0.15, 0.2) is 0 Å². The van der Waals surface area contributed by atoms with E-state index in [0.29, 0.717) is 13.0 Å². The Labute approximate surface area is 356 Å². The highest BCUT2D eigenvalue weighted by Gasteiger charge is 2.30. The fraction of sp³-hybridized carbons (Fsp3) is 0.961. The number of nitrogens with zero attached hydrogens (tertiary/aromatic N) is 1. The number of hydrogen-bond donors (Lipinski definition) is 1. The molecule has 0 aliphatic carbocycles. The quantitative estimate of drug-likeness (QED) is 0.0488. The van der Waals surface area contributed by atoms with Crippen molar-refractivity contribution in [3.63, 3.8) is 0 Å². The summed E-state index contributed by atoms with van der Waals surface area (Å²) in [4.78, 5) is 28.2. The fourth-order valence-electron chi connectivity index (χ4n) is 8.00. The molecule has 0 atom stereocenters. The summed E-state index contributed by atoms with van der Waals surface area (Å²) in [5.74, 6) is -0.0234. The van der Waals surface area contributed by atoms with E-state index in [1.54, 1.807) is 0 Å². The molecule has 0 aromatic rings. The highest BCUT2D eigenvalue weighted by Crippen LogP contribution is 2.28. The van der Waals surface area contributed by atoms with E-state index < -0.39 is 5.41 Å². The predicted molar refractivity (Wildman–Crippen MR) is 246 cm³/mol. The Bertz CT molecular complexity index is 829. The van der Waals surface area contributed by atoms with Gasteiger partial charge < -0.3 is 19.5 Å². The molecular formula is C51H101NO5. The van der Waals surface area contributed by atoms with Crippen LogP contribution in [0.3, 0.4) is 0 Å². The third-order valence-corrected chi connectivity index (χ3v) is 12.1. The van der Waals surface area contributed by atoms with Crippen LogP contribution in [0, 0.1) is 5.41 Å². The van der Waals surface area contributed by atoms with Crippen LogP contribution in [0.4, 0.5) is 0 Å². The maximum absolute atomic E-state index is 13.5. The second-order valence-corrected chi connectivity index (χ2v) is 18.4. The maximum Gasteiger partial charge on any atom is 0.311 e. The molecule has 0 amide bonds. The Hall–Kier alpha value is -1.14. The minimum atomic E-state index is -0.436. The average molecular weight is 808 g/mol. The highest BCUT2D eigenvalue weighted by atomic mass is 16.5. The van der Waals surface area contributed by atoms with Gasteiger partial charge in [-0.15, -0.1) is 0 Å². The van der Waals surface area contributed by atoms with Crippen LogP contribution in [-0.2, 0) is 19.1 Å². The molecular weight excluding hydrogens is 707 g/mol. The predicted octanol–water partition coefficient (Wildman–Crippen LogP) is 15.3. The molecule has 0 aromatic carbocycles. The summed E-state index contributed by atoms with van der Waals surface area (Å²) in [7, 11) is 0. The molecule has 0 spiro atoms. The highest BCUT2D eigenvalue weighted by molar-refractivity contribution is 5.76. The zero-order valence-corrected chi connectivity index (χ0v) is 39.3. The van der Waals surface area contributed by atoms with E-state index in [1.165, 1.54) is 154 Å². The van der Waals surface area contributed by atoms with Crippen LogP contribution in [0.2, 0.25) is 0 Å². The lowest BCUT2D eigenvalue weighted by molar-refractivity contribution is -0.161. The zero-order valence-electron chi connectivity index (χ0n) is 39.3. The van der Waals surface area contributed by atoms with Gasteiger partial charge in [-0.05, 0) is 104 Å². The van der Waals surface area contributed by atoms with Crippen molar-refractivity contribution in [2.75, 3.05) is 32.8 Å². The first-order valence-corrected chi connectivity index (χ1v) is 25.5. The molecule has 0 aliphatic rings. The molecule has 340 valence electrons. The monoisotopic (exact) mass is 808 g/mol. The van der Waals surface area contributed by atoms with Gasteiger partial charge >= 0.3 is 11.9 Å². The number of aliphatic hydroxyl groups is 1. The molecule has 6 heteroatoms. The number of esters is 2. The molecule has 0 unspecified atom stereocenters. The molecule has 0 saturated carbocycles. The summed E-state index contributed by atoms with van der Waals surface area (Å²) in [6, 6.07) is 0. The van der Waals surface area contributed by atoms with Crippen molar-refractivity contribution >= 4 is 11.9 Å². The van der Waals surface area contributed by atoms with Crippen molar-refractivity contribution in [2.45, 2.75) is 278 Å². The first kappa shape index (κ1) is 55.9. The number of aliphatic hydroxyl groups excluding tert-OH is 1. The topological polar surface area (TPSA) is 76.1 Å². The summed E-state index contributed by atoms with van der Waals surface area (Å²) in [6.07, 6.45) is 44.0. The van der Waals surface area contributed by atoms with Gasteiger partial charge in [0.25, 0.3) is 0 Å². The van der Waals surface area contributed by atoms with Crippen molar-refractivity contribution in [1.82, 2.24) is 4.90 Å². The van der Waals surface area contributed by atoms with Crippen LogP contribution in [0.25, 0.3) is 0 Å². The van der Waals surface area contributed by atoms with Gasteiger partial charge in [-0.25, -0.2) is 0 Å². The van der Waals surface area contributed by atoms with E-state index in [4.69, 9.17) is 9.47 Å². The minimum absolute atomic E-state index is 0.01000. The third-order valence-electron chi connectivity index (χ3n) is 12.1. The van der Waals surface area contributed by atoms with E-state index in [-0.39, 0.29) is 24.6 Å². The largest absolute Gasteiger partial charge is 0.466 e. The first-order valence-electron chi connectivity index (χ1n) is 25.5. The number of carbonyl (C=O) groups is 2. The number of rotatable bonds is 46. The second-order valence-electron chi connectivity index (χ2n) is 18.4. The number of hydrogen-bond acceptors (Lipinski definition) is 6. The molecule has 0 rings (SSSR count). The Morgan fingerprint density at radius 1 is 0.491 bits per heavy atom. The lowest BCUT2D eigenvalue weighted by Gasteiger charge is -2.27. The normalized spacial score (nSPS) is 11.9. The van der Waals surface area contributed by atoms with Crippen LogP contribution < -0.4 is 0 Å². The van der Waals surface area contributed by atoms with Gasteiger partial charge in [0.05, 0.1) is 12.0 Å². The van der Waals surface area contributed by atoms with Crippen LogP contribution in [-0.4, -0.2) is 60.9 Å². The number of unbranched alkanes of at least 4 members (excludes halogenated alkanes) is 27. The van der Waals surface area contributed by atoms with Crippen molar-refractivity contribution in [3.05, 3.63) is 0 Å². The molecule has 6 nitrogen and oxygen atoms in total. The van der Waals surface area contributed by atoms with Crippen molar-refractivity contribution in [1.29, 1.82) is 0 Å². The van der Waals surface area contributed by atoms with Gasteiger partial charge in [0, 0.05) is 13.0 Å². The third kappa shape index (κ3) is 38.8. The average Bonchev–Trinajstić information content (AvgIpc) is 3.19. The summed E-state index contributed by atoms with van der Waals surface area (Å²) in [5.41, 5.74) is -0.436. The Balaban J connectivity index is 4.37. The molecule has 0 bridgehead atoms. The van der Waals surface area contributed by atoms with E-state index in [0.717, 1.165) is 96.7 Å². The van der Waals surface area contributed by atoms with Crippen molar-refractivity contribution < 1.29 is 24.2 Å². The standard InChI is InChI=1S/C51H101NO5/c1-6-9-12-15-18-19-20-23-28-38-47-56-49(54)41-32-29-35-44-52(45-36-37-46-53)43-34-27-26-33-42-51(4,5)50(55)57-48(39-30-24-21-16-13-10-7-2)40-31-25-22-17-14-11-8-3/h48,53H,6-47H2,1-5H3. The smallest absolute Gasteiger partial charge is 0.311 e. The van der Waals surface area contributed by atoms with E-state index in [2.05, 4.69) is 39.5 Å². The summed E-state index contributed by atoms with van der Waals surface area (Å²) >= 11 is 0. The molecule has 0 saturated heterocycles. The molecule has 0 heterocycles.